The van der Waals surface area contributed by atoms with E-state index in [0.29, 0.717) is 24.4 Å². The average Bonchev–Trinajstić information content (AvgIpc) is 2.90. The zero-order chi connectivity index (χ0) is 13.3. The number of hydrogen-bond donors (Lipinski definition) is 2. The van der Waals surface area contributed by atoms with E-state index >= 15 is 0 Å². The fourth-order valence-electron chi connectivity index (χ4n) is 4.03. The summed E-state index contributed by atoms with van der Waals surface area (Å²) >= 11 is 0. The normalized spacial score (nSPS) is 33.7. The molecule has 5 unspecified atom stereocenters. The van der Waals surface area contributed by atoms with Gasteiger partial charge in [0.2, 0.25) is 5.91 Å². The van der Waals surface area contributed by atoms with Crippen LogP contribution in [-0.4, -0.2) is 18.5 Å². The predicted octanol–water partition coefficient (Wildman–Crippen LogP) is 2.16. The molecule has 1 amide bonds. The van der Waals surface area contributed by atoms with E-state index < -0.39 is 0 Å². The number of nitrogens with two attached hydrogens (primary N) is 1. The van der Waals surface area contributed by atoms with E-state index in [-0.39, 0.29) is 11.8 Å². The largest absolute Gasteiger partial charge is 0.353 e. The van der Waals surface area contributed by atoms with Crippen LogP contribution in [0.1, 0.15) is 46.5 Å². The number of carbonyl (C=O) groups excluding carboxylic acids is 1. The second-order valence-corrected chi connectivity index (χ2v) is 6.72. The molecule has 2 saturated carbocycles. The number of amides is 1. The minimum absolute atomic E-state index is 0.0361. The highest BCUT2D eigenvalue weighted by atomic mass is 16.2. The molecule has 2 aliphatic rings. The van der Waals surface area contributed by atoms with Crippen molar-refractivity contribution in [2.24, 2.45) is 35.3 Å². The van der Waals surface area contributed by atoms with Gasteiger partial charge in [0, 0.05) is 12.6 Å². The lowest BCUT2D eigenvalue weighted by molar-refractivity contribution is -0.127. The molecule has 3 heteroatoms. The maximum Gasteiger partial charge on any atom is 0.224 e. The average molecular weight is 252 g/mol. The van der Waals surface area contributed by atoms with Crippen molar-refractivity contribution in [3.8, 4) is 0 Å². The Labute approximate surface area is 111 Å². The molecule has 2 bridgehead atoms. The van der Waals surface area contributed by atoms with Crippen molar-refractivity contribution >= 4 is 5.91 Å². The summed E-state index contributed by atoms with van der Waals surface area (Å²) in [6, 6.07) is 0.320. The summed E-state index contributed by atoms with van der Waals surface area (Å²) in [6.07, 6.45) is 5.51. The first-order chi connectivity index (χ1) is 8.52. The van der Waals surface area contributed by atoms with E-state index in [2.05, 4.69) is 26.1 Å². The highest BCUT2D eigenvalue weighted by Crippen LogP contribution is 2.49. The van der Waals surface area contributed by atoms with Crippen LogP contribution in [0.5, 0.6) is 0 Å². The lowest BCUT2D eigenvalue weighted by atomic mass is 9.83. The van der Waals surface area contributed by atoms with Crippen LogP contribution in [0.15, 0.2) is 0 Å². The van der Waals surface area contributed by atoms with Gasteiger partial charge in [-0.2, -0.15) is 0 Å². The predicted molar refractivity (Wildman–Crippen MR) is 73.9 cm³/mol. The maximum atomic E-state index is 12.2. The van der Waals surface area contributed by atoms with Crippen LogP contribution >= 0.6 is 0 Å². The van der Waals surface area contributed by atoms with Gasteiger partial charge in [-0.05, 0) is 49.9 Å². The Morgan fingerprint density at radius 1 is 1.28 bits per heavy atom. The van der Waals surface area contributed by atoms with E-state index in [1.807, 2.05) is 0 Å². The minimum atomic E-state index is -0.0361. The molecular weight excluding hydrogens is 224 g/mol. The first-order valence-corrected chi connectivity index (χ1v) is 7.53. The van der Waals surface area contributed by atoms with Gasteiger partial charge in [-0.15, -0.1) is 0 Å². The second kappa shape index (κ2) is 5.60. The van der Waals surface area contributed by atoms with Gasteiger partial charge in [0.25, 0.3) is 0 Å². The molecule has 2 rings (SSSR count). The van der Waals surface area contributed by atoms with Crippen molar-refractivity contribution in [2.45, 2.75) is 52.5 Å². The van der Waals surface area contributed by atoms with Gasteiger partial charge in [0.1, 0.15) is 0 Å². The molecule has 0 heterocycles. The second-order valence-electron chi connectivity index (χ2n) is 6.72. The van der Waals surface area contributed by atoms with E-state index in [0.717, 1.165) is 11.8 Å². The third kappa shape index (κ3) is 2.71. The van der Waals surface area contributed by atoms with E-state index in [9.17, 15) is 4.79 Å². The van der Waals surface area contributed by atoms with Crippen molar-refractivity contribution in [1.82, 2.24) is 5.32 Å². The Kier molecular flexibility index (Phi) is 4.31. The van der Waals surface area contributed by atoms with Crippen LogP contribution in [0.4, 0.5) is 0 Å². The smallest absolute Gasteiger partial charge is 0.224 e. The Balaban J connectivity index is 1.87. The third-order valence-electron chi connectivity index (χ3n) is 5.20. The molecule has 0 radical (unpaired) electrons. The molecule has 0 saturated heterocycles. The zero-order valence-electron chi connectivity index (χ0n) is 12.0. The molecule has 0 aromatic carbocycles. The minimum Gasteiger partial charge on any atom is -0.353 e. The summed E-state index contributed by atoms with van der Waals surface area (Å²) in [7, 11) is 0. The molecule has 5 atom stereocenters. The highest BCUT2D eigenvalue weighted by Gasteiger charge is 2.42. The Hall–Kier alpha value is -0.570. The summed E-state index contributed by atoms with van der Waals surface area (Å²) in [5.74, 6) is 2.95. The summed E-state index contributed by atoms with van der Waals surface area (Å²) in [5, 5.41) is 3.22. The van der Waals surface area contributed by atoms with Crippen LogP contribution in [0.3, 0.4) is 0 Å². The summed E-state index contributed by atoms with van der Waals surface area (Å²) < 4.78 is 0. The van der Waals surface area contributed by atoms with Crippen molar-refractivity contribution in [1.29, 1.82) is 0 Å². The molecule has 3 nitrogen and oxygen atoms in total. The van der Waals surface area contributed by atoms with Gasteiger partial charge >= 0.3 is 0 Å². The van der Waals surface area contributed by atoms with Gasteiger partial charge in [0.05, 0.1) is 5.92 Å². The first kappa shape index (κ1) is 13.9. The number of fused-ring (bicyclic) bond motifs is 2. The zero-order valence-corrected chi connectivity index (χ0v) is 12.0. The Morgan fingerprint density at radius 2 is 2.00 bits per heavy atom. The molecule has 2 fully saturated rings. The van der Waals surface area contributed by atoms with Crippen LogP contribution in [0.25, 0.3) is 0 Å². The summed E-state index contributed by atoms with van der Waals surface area (Å²) in [4.78, 5) is 12.2. The van der Waals surface area contributed by atoms with Crippen LogP contribution in [0, 0.1) is 29.6 Å². The van der Waals surface area contributed by atoms with E-state index in [1.54, 1.807) is 0 Å². The fourth-order valence-corrected chi connectivity index (χ4v) is 4.03. The lowest BCUT2D eigenvalue weighted by Gasteiger charge is -2.30. The molecule has 104 valence electrons. The van der Waals surface area contributed by atoms with Crippen molar-refractivity contribution in [3.63, 3.8) is 0 Å². The van der Waals surface area contributed by atoms with Gasteiger partial charge in [-0.25, -0.2) is 0 Å². The fraction of sp³-hybridized carbons (Fsp3) is 0.933. The van der Waals surface area contributed by atoms with Crippen molar-refractivity contribution < 1.29 is 4.79 Å². The molecule has 0 aromatic rings. The molecule has 2 aliphatic carbocycles. The summed E-state index contributed by atoms with van der Waals surface area (Å²) in [5.41, 5.74) is 5.70. The SMILES string of the molecule is CC(C)C(CN)C(=O)NC(C)C1CC2CCC1C2. The van der Waals surface area contributed by atoms with Gasteiger partial charge in [-0.3, -0.25) is 4.79 Å². The van der Waals surface area contributed by atoms with Crippen LogP contribution < -0.4 is 11.1 Å². The number of rotatable bonds is 5. The van der Waals surface area contributed by atoms with Crippen LogP contribution in [0.2, 0.25) is 0 Å². The van der Waals surface area contributed by atoms with Crippen molar-refractivity contribution in [3.05, 3.63) is 0 Å². The quantitative estimate of drug-likeness (QED) is 0.788. The molecule has 18 heavy (non-hydrogen) atoms. The number of nitrogens with one attached hydrogen (secondary N) is 1. The molecule has 0 spiro atoms. The Bertz CT molecular complexity index is 303. The molecule has 3 N–H and O–H groups in total. The standard InChI is InChI=1S/C15H28N2O/c1-9(2)14(8-16)15(18)17-10(3)13-7-11-4-5-12(13)6-11/h9-14H,4-8,16H2,1-3H3,(H,17,18). The van der Waals surface area contributed by atoms with Crippen molar-refractivity contribution in [2.75, 3.05) is 6.54 Å². The van der Waals surface area contributed by atoms with Gasteiger partial charge in [-0.1, -0.05) is 20.3 Å². The lowest BCUT2D eigenvalue weighted by Crippen LogP contribution is -2.45. The molecular formula is C15H28N2O. The topological polar surface area (TPSA) is 55.1 Å². The Morgan fingerprint density at radius 3 is 2.44 bits per heavy atom. The molecule has 0 aliphatic heterocycles. The number of carbonyl (C=O) groups is 1. The first-order valence-electron chi connectivity index (χ1n) is 7.53. The van der Waals surface area contributed by atoms with Gasteiger partial charge in [0.15, 0.2) is 0 Å². The third-order valence-corrected chi connectivity index (χ3v) is 5.20. The van der Waals surface area contributed by atoms with Crippen LogP contribution in [-0.2, 0) is 4.79 Å². The van der Waals surface area contributed by atoms with E-state index in [1.165, 1.54) is 25.7 Å². The molecule has 0 aromatic heterocycles. The number of hydrogen-bond acceptors (Lipinski definition) is 2. The highest BCUT2D eigenvalue weighted by molar-refractivity contribution is 5.79. The van der Waals surface area contributed by atoms with E-state index in [4.69, 9.17) is 5.73 Å². The van der Waals surface area contributed by atoms with Gasteiger partial charge < -0.3 is 11.1 Å². The maximum absolute atomic E-state index is 12.2. The monoisotopic (exact) mass is 252 g/mol. The summed E-state index contributed by atoms with van der Waals surface area (Å²) in [6.45, 7) is 6.77.